The Labute approximate surface area is 257 Å². The number of anilines is 3. The predicted octanol–water partition coefficient (Wildman–Crippen LogP) is 12.7. The summed E-state index contributed by atoms with van der Waals surface area (Å²) in [4.78, 5) is 2.36. The Kier molecular flexibility index (Phi) is 5.62. The van der Waals surface area contributed by atoms with Crippen LogP contribution in [0.3, 0.4) is 0 Å². The average Bonchev–Trinajstić information content (AvgIpc) is 3.63. The highest BCUT2D eigenvalue weighted by Crippen LogP contribution is 2.42. The maximum absolute atomic E-state index is 2.37. The quantitative estimate of drug-likeness (QED) is 0.199. The van der Waals surface area contributed by atoms with Gasteiger partial charge in [-0.15, -0.1) is 22.7 Å². The molecule has 2 heterocycles. The Morgan fingerprint density at radius 3 is 1.84 bits per heavy atom. The molecule has 9 rings (SSSR count). The van der Waals surface area contributed by atoms with Gasteiger partial charge in [0.2, 0.25) is 0 Å². The molecule has 9 aromatic rings. The van der Waals surface area contributed by atoms with E-state index >= 15 is 0 Å². The Hall–Kier alpha value is -4.96. The molecule has 3 heteroatoms. The second kappa shape index (κ2) is 9.81. The van der Waals surface area contributed by atoms with Crippen LogP contribution in [-0.2, 0) is 0 Å². The molecule has 1 nitrogen and oxygen atoms in total. The summed E-state index contributed by atoms with van der Waals surface area (Å²) >= 11 is 3.75. The number of nitrogens with zero attached hydrogens (tertiary/aromatic N) is 1. The molecule has 0 spiro atoms. The zero-order chi connectivity index (χ0) is 28.3. The molecule has 0 aliphatic heterocycles. The van der Waals surface area contributed by atoms with Crippen molar-refractivity contribution >= 4 is 90.9 Å². The third-order valence-corrected chi connectivity index (χ3v) is 10.8. The van der Waals surface area contributed by atoms with Crippen LogP contribution in [-0.4, -0.2) is 0 Å². The maximum atomic E-state index is 2.37. The van der Waals surface area contributed by atoms with E-state index in [1.165, 1.54) is 62.2 Å². The van der Waals surface area contributed by atoms with Gasteiger partial charge >= 0.3 is 0 Å². The first kappa shape index (κ1) is 24.6. The van der Waals surface area contributed by atoms with Gasteiger partial charge in [0, 0.05) is 57.4 Å². The van der Waals surface area contributed by atoms with E-state index in [-0.39, 0.29) is 0 Å². The van der Waals surface area contributed by atoms with Gasteiger partial charge < -0.3 is 4.90 Å². The van der Waals surface area contributed by atoms with Crippen LogP contribution in [0.15, 0.2) is 152 Å². The Morgan fingerprint density at radius 1 is 0.372 bits per heavy atom. The van der Waals surface area contributed by atoms with Crippen LogP contribution < -0.4 is 4.90 Å². The SMILES string of the molecule is c1ccc(N(c2ccc(-c3cccc4c3sc3ccccc34)cc2)c2ccc3cc4sc5ccccc5c4cc3c2)cc1. The van der Waals surface area contributed by atoms with Crippen molar-refractivity contribution in [1.29, 1.82) is 0 Å². The number of hydrogen-bond acceptors (Lipinski definition) is 3. The van der Waals surface area contributed by atoms with E-state index in [2.05, 4.69) is 157 Å². The van der Waals surface area contributed by atoms with E-state index in [1.54, 1.807) is 0 Å². The lowest BCUT2D eigenvalue weighted by molar-refractivity contribution is 1.29. The van der Waals surface area contributed by atoms with Gasteiger partial charge in [0.05, 0.1) is 0 Å². The molecule has 0 radical (unpaired) electrons. The molecule has 7 aromatic carbocycles. The number of thiophene rings is 2. The summed E-state index contributed by atoms with van der Waals surface area (Å²) in [5.41, 5.74) is 5.95. The first-order valence-electron chi connectivity index (χ1n) is 14.5. The lowest BCUT2D eigenvalue weighted by Crippen LogP contribution is -2.09. The van der Waals surface area contributed by atoms with E-state index in [0.717, 1.165) is 17.1 Å². The molecule has 0 unspecified atom stereocenters. The zero-order valence-corrected chi connectivity index (χ0v) is 24.8. The monoisotopic (exact) mass is 583 g/mol. The van der Waals surface area contributed by atoms with Crippen molar-refractivity contribution in [3.05, 3.63) is 152 Å². The highest BCUT2D eigenvalue weighted by Gasteiger charge is 2.15. The van der Waals surface area contributed by atoms with Gasteiger partial charge in [-0.25, -0.2) is 0 Å². The fraction of sp³-hybridized carbons (Fsp3) is 0. The highest BCUT2D eigenvalue weighted by atomic mass is 32.1. The van der Waals surface area contributed by atoms with Crippen molar-refractivity contribution in [2.24, 2.45) is 0 Å². The summed E-state index contributed by atoms with van der Waals surface area (Å²) in [5, 5.41) is 7.84. The molecule has 202 valence electrons. The molecule has 0 bridgehead atoms. The Bertz CT molecular complexity index is 2450. The van der Waals surface area contributed by atoms with Gasteiger partial charge in [-0.2, -0.15) is 0 Å². The first-order valence-corrected chi connectivity index (χ1v) is 16.1. The molecule has 0 saturated carbocycles. The minimum absolute atomic E-state index is 1.14. The van der Waals surface area contributed by atoms with Crippen LogP contribution in [0, 0.1) is 0 Å². The van der Waals surface area contributed by atoms with E-state index in [1.807, 2.05) is 22.7 Å². The second-order valence-electron chi connectivity index (χ2n) is 11.0. The Balaban J connectivity index is 1.17. The van der Waals surface area contributed by atoms with Crippen molar-refractivity contribution in [3.63, 3.8) is 0 Å². The Morgan fingerprint density at radius 2 is 1.02 bits per heavy atom. The molecule has 43 heavy (non-hydrogen) atoms. The third-order valence-electron chi connectivity index (χ3n) is 8.43. The zero-order valence-electron chi connectivity index (χ0n) is 23.2. The van der Waals surface area contributed by atoms with E-state index in [0.29, 0.717) is 0 Å². The number of hydrogen-bond donors (Lipinski definition) is 0. The largest absolute Gasteiger partial charge is 0.310 e. The van der Waals surface area contributed by atoms with Crippen LogP contribution in [0.1, 0.15) is 0 Å². The van der Waals surface area contributed by atoms with Gasteiger partial charge in [0.25, 0.3) is 0 Å². The molecular weight excluding hydrogens is 559 g/mol. The minimum atomic E-state index is 1.14. The average molecular weight is 584 g/mol. The normalized spacial score (nSPS) is 11.7. The molecule has 0 amide bonds. The molecule has 2 aromatic heterocycles. The number of fused-ring (bicyclic) bond motifs is 7. The van der Waals surface area contributed by atoms with Gasteiger partial charge in [0.1, 0.15) is 0 Å². The van der Waals surface area contributed by atoms with Crippen LogP contribution in [0.25, 0.3) is 62.2 Å². The van der Waals surface area contributed by atoms with Crippen LogP contribution in [0.5, 0.6) is 0 Å². The molecule has 0 aliphatic carbocycles. The van der Waals surface area contributed by atoms with Gasteiger partial charge in [0.15, 0.2) is 0 Å². The van der Waals surface area contributed by atoms with Crippen LogP contribution >= 0.6 is 22.7 Å². The topological polar surface area (TPSA) is 3.24 Å². The van der Waals surface area contributed by atoms with E-state index < -0.39 is 0 Å². The smallest absolute Gasteiger partial charge is 0.0468 e. The van der Waals surface area contributed by atoms with Crippen LogP contribution in [0.2, 0.25) is 0 Å². The third kappa shape index (κ3) is 4.04. The predicted molar refractivity (Wildman–Crippen MR) is 190 cm³/mol. The van der Waals surface area contributed by atoms with Crippen molar-refractivity contribution in [3.8, 4) is 11.1 Å². The molecule has 0 saturated heterocycles. The van der Waals surface area contributed by atoms with Gasteiger partial charge in [-0.1, -0.05) is 91.0 Å². The second-order valence-corrected chi connectivity index (χ2v) is 13.1. The van der Waals surface area contributed by atoms with Crippen LogP contribution in [0.4, 0.5) is 17.1 Å². The van der Waals surface area contributed by atoms with Crippen molar-refractivity contribution in [1.82, 2.24) is 0 Å². The van der Waals surface area contributed by atoms with Crippen molar-refractivity contribution < 1.29 is 0 Å². The van der Waals surface area contributed by atoms with Crippen molar-refractivity contribution in [2.45, 2.75) is 0 Å². The van der Waals surface area contributed by atoms with Gasteiger partial charge in [-0.3, -0.25) is 0 Å². The molecule has 0 N–H and O–H groups in total. The molecular formula is C40H25NS2. The number of para-hydroxylation sites is 1. The molecule has 0 aliphatic rings. The summed E-state index contributed by atoms with van der Waals surface area (Å²) in [7, 11) is 0. The van der Waals surface area contributed by atoms with Gasteiger partial charge in [-0.05, 0) is 82.6 Å². The van der Waals surface area contributed by atoms with E-state index in [9.17, 15) is 0 Å². The first-order chi connectivity index (χ1) is 21.3. The lowest BCUT2D eigenvalue weighted by Gasteiger charge is -2.26. The number of rotatable bonds is 4. The summed E-state index contributed by atoms with van der Waals surface area (Å²) in [6, 6.07) is 55.4. The fourth-order valence-electron chi connectivity index (χ4n) is 6.38. The summed E-state index contributed by atoms with van der Waals surface area (Å²) in [5.74, 6) is 0. The van der Waals surface area contributed by atoms with E-state index in [4.69, 9.17) is 0 Å². The molecule has 0 fully saturated rings. The lowest BCUT2D eigenvalue weighted by atomic mass is 10.0. The fourth-order valence-corrected chi connectivity index (χ4v) is 8.76. The standard InChI is InChI=1S/C40H25NS2/c1-2-9-29(10-3-1)41(31-22-19-27-25-39-36(24-28(27)23-31)34-12-5-6-15-37(34)42-39)30-20-17-26(18-21-30)32-13-8-14-35-33-11-4-7-16-38(33)43-40(32)35/h1-25H. The number of benzene rings is 7. The minimum Gasteiger partial charge on any atom is -0.310 e. The maximum Gasteiger partial charge on any atom is 0.0468 e. The van der Waals surface area contributed by atoms with Crippen molar-refractivity contribution in [2.75, 3.05) is 4.90 Å². The molecule has 0 atom stereocenters. The summed E-state index contributed by atoms with van der Waals surface area (Å²) in [6.45, 7) is 0. The highest BCUT2D eigenvalue weighted by molar-refractivity contribution is 7.26. The summed E-state index contributed by atoms with van der Waals surface area (Å²) in [6.07, 6.45) is 0. The summed E-state index contributed by atoms with van der Waals surface area (Å²) < 4.78 is 5.36.